The van der Waals surface area contributed by atoms with E-state index in [4.69, 9.17) is 5.11 Å². The molecule has 0 saturated heterocycles. The molecule has 0 aromatic carbocycles. The van der Waals surface area contributed by atoms with Crippen molar-refractivity contribution in [1.82, 2.24) is 5.32 Å². The molecule has 0 aromatic heterocycles. The summed E-state index contributed by atoms with van der Waals surface area (Å²) in [6.07, 6.45) is 2.13. The highest BCUT2D eigenvalue weighted by Gasteiger charge is 2.14. The fourth-order valence-electron chi connectivity index (χ4n) is 1.38. The SMILES string of the molecule is CCC(CO)NC(CC)C(C)C. The number of aliphatic hydroxyl groups is 1. The third-order valence-corrected chi connectivity index (χ3v) is 2.41. The summed E-state index contributed by atoms with van der Waals surface area (Å²) >= 11 is 0. The molecule has 2 N–H and O–H groups in total. The smallest absolute Gasteiger partial charge is 0.0584 e. The highest BCUT2D eigenvalue weighted by Crippen LogP contribution is 2.07. The standard InChI is InChI=1S/C10H23NO/c1-5-9(7-12)11-10(6-2)8(3)4/h8-12H,5-7H2,1-4H3. The van der Waals surface area contributed by atoms with Crippen molar-refractivity contribution in [2.24, 2.45) is 5.92 Å². The monoisotopic (exact) mass is 173 g/mol. The zero-order valence-electron chi connectivity index (χ0n) is 8.80. The Hall–Kier alpha value is -0.0800. The highest BCUT2D eigenvalue weighted by atomic mass is 16.3. The second kappa shape index (κ2) is 6.44. The minimum atomic E-state index is 0.250. The fraction of sp³-hybridized carbons (Fsp3) is 1.00. The second-order valence-electron chi connectivity index (χ2n) is 3.71. The number of nitrogens with one attached hydrogen (secondary N) is 1. The van der Waals surface area contributed by atoms with Crippen molar-refractivity contribution in [3.63, 3.8) is 0 Å². The molecule has 0 amide bonds. The Balaban J connectivity index is 3.82. The van der Waals surface area contributed by atoms with Gasteiger partial charge in [0, 0.05) is 12.1 Å². The van der Waals surface area contributed by atoms with Crippen molar-refractivity contribution >= 4 is 0 Å². The fourth-order valence-corrected chi connectivity index (χ4v) is 1.38. The topological polar surface area (TPSA) is 32.3 Å². The van der Waals surface area contributed by atoms with Gasteiger partial charge in [-0.05, 0) is 18.8 Å². The van der Waals surface area contributed by atoms with Gasteiger partial charge in [-0.2, -0.15) is 0 Å². The van der Waals surface area contributed by atoms with Gasteiger partial charge in [-0.15, -0.1) is 0 Å². The van der Waals surface area contributed by atoms with Crippen molar-refractivity contribution in [3.05, 3.63) is 0 Å². The van der Waals surface area contributed by atoms with Crippen LogP contribution < -0.4 is 5.32 Å². The maximum absolute atomic E-state index is 8.99. The average Bonchev–Trinajstić information content (AvgIpc) is 2.06. The van der Waals surface area contributed by atoms with Crippen LogP contribution in [0.2, 0.25) is 0 Å². The van der Waals surface area contributed by atoms with Crippen LogP contribution in [0.5, 0.6) is 0 Å². The van der Waals surface area contributed by atoms with E-state index < -0.39 is 0 Å². The number of hydrogen-bond acceptors (Lipinski definition) is 2. The molecule has 0 spiro atoms. The maximum Gasteiger partial charge on any atom is 0.0584 e. The molecule has 0 rings (SSSR count). The Morgan fingerprint density at radius 1 is 1.17 bits per heavy atom. The van der Waals surface area contributed by atoms with Gasteiger partial charge in [0.15, 0.2) is 0 Å². The van der Waals surface area contributed by atoms with E-state index in [9.17, 15) is 0 Å². The first kappa shape index (κ1) is 11.9. The Bertz CT molecular complexity index is 100. The lowest BCUT2D eigenvalue weighted by molar-refractivity contribution is 0.214. The predicted octanol–water partition coefficient (Wildman–Crippen LogP) is 1.78. The summed E-state index contributed by atoms with van der Waals surface area (Å²) in [5.41, 5.74) is 0. The van der Waals surface area contributed by atoms with Gasteiger partial charge in [-0.25, -0.2) is 0 Å². The number of hydrogen-bond donors (Lipinski definition) is 2. The molecule has 0 aromatic rings. The van der Waals surface area contributed by atoms with Gasteiger partial charge in [0.25, 0.3) is 0 Å². The summed E-state index contributed by atoms with van der Waals surface area (Å²) in [7, 11) is 0. The predicted molar refractivity (Wildman–Crippen MR) is 53.2 cm³/mol. The molecule has 0 aliphatic carbocycles. The molecule has 0 heterocycles. The maximum atomic E-state index is 8.99. The third-order valence-electron chi connectivity index (χ3n) is 2.41. The molecule has 74 valence electrons. The van der Waals surface area contributed by atoms with Gasteiger partial charge in [0.1, 0.15) is 0 Å². The molecule has 12 heavy (non-hydrogen) atoms. The van der Waals surface area contributed by atoms with Crippen molar-refractivity contribution in [3.8, 4) is 0 Å². The van der Waals surface area contributed by atoms with E-state index in [0.29, 0.717) is 12.0 Å². The van der Waals surface area contributed by atoms with Crippen LogP contribution in [0.25, 0.3) is 0 Å². The summed E-state index contributed by atoms with van der Waals surface area (Å²) < 4.78 is 0. The van der Waals surface area contributed by atoms with Crippen molar-refractivity contribution in [2.45, 2.75) is 52.6 Å². The molecule has 0 bridgehead atoms. The highest BCUT2D eigenvalue weighted by molar-refractivity contribution is 4.74. The zero-order valence-corrected chi connectivity index (χ0v) is 8.80. The summed E-state index contributed by atoms with van der Waals surface area (Å²) in [4.78, 5) is 0. The summed E-state index contributed by atoms with van der Waals surface area (Å²) in [5, 5.41) is 12.4. The van der Waals surface area contributed by atoms with Crippen LogP contribution in [0.4, 0.5) is 0 Å². The van der Waals surface area contributed by atoms with Gasteiger partial charge >= 0.3 is 0 Å². The first-order valence-corrected chi connectivity index (χ1v) is 5.02. The molecular formula is C10H23NO. The lowest BCUT2D eigenvalue weighted by Gasteiger charge is -2.25. The van der Waals surface area contributed by atoms with Gasteiger partial charge in [0.05, 0.1) is 6.61 Å². The molecule has 2 unspecified atom stereocenters. The van der Waals surface area contributed by atoms with Crippen LogP contribution in [0.3, 0.4) is 0 Å². The molecule has 2 nitrogen and oxygen atoms in total. The largest absolute Gasteiger partial charge is 0.395 e. The van der Waals surface area contributed by atoms with Gasteiger partial charge in [0.2, 0.25) is 0 Å². The molecule has 2 atom stereocenters. The quantitative estimate of drug-likeness (QED) is 0.641. The molecule has 0 aliphatic heterocycles. The lowest BCUT2D eigenvalue weighted by Crippen LogP contribution is -2.42. The van der Waals surface area contributed by atoms with Crippen molar-refractivity contribution in [2.75, 3.05) is 6.61 Å². The van der Waals surface area contributed by atoms with E-state index in [1.54, 1.807) is 0 Å². The van der Waals surface area contributed by atoms with Crippen LogP contribution in [0.15, 0.2) is 0 Å². The lowest BCUT2D eigenvalue weighted by atomic mass is 10.0. The molecular weight excluding hydrogens is 150 g/mol. The van der Waals surface area contributed by atoms with E-state index in [2.05, 4.69) is 33.0 Å². The van der Waals surface area contributed by atoms with Crippen LogP contribution >= 0.6 is 0 Å². The Labute approximate surface area is 76.4 Å². The Kier molecular flexibility index (Phi) is 6.39. The second-order valence-corrected chi connectivity index (χ2v) is 3.71. The first-order chi connectivity index (χ1) is 5.65. The van der Waals surface area contributed by atoms with Gasteiger partial charge < -0.3 is 10.4 Å². The first-order valence-electron chi connectivity index (χ1n) is 5.02. The molecule has 2 heteroatoms. The third kappa shape index (κ3) is 4.07. The van der Waals surface area contributed by atoms with Crippen LogP contribution in [-0.4, -0.2) is 23.8 Å². The van der Waals surface area contributed by atoms with Crippen molar-refractivity contribution < 1.29 is 5.11 Å². The zero-order chi connectivity index (χ0) is 9.56. The van der Waals surface area contributed by atoms with E-state index in [1.807, 2.05) is 0 Å². The minimum absolute atomic E-state index is 0.250. The van der Waals surface area contributed by atoms with E-state index >= 15 is 0 Å². The Morgan fingerprint density at radius 2 is 1.75 bits per heavy atom. The minimum Gasteiger partial charge on any atom is -0.395 e. The van der Waals surface area contributed by atoms with Crippen LogP contribution in [0.1, 0.15) is 40.5 Å². The molecule has 0 saturated carbocycles. The summed E-state index contributed by atoms with van der Waals surface area (Å²) in [5.74, 6) is 0.649. The van der Waals surface area contributed by atoms with Gasteiger partial charge in [-0.3, -0.25) is 0 Å². The summed E-state index contributed by atoms with van der Waals surface area (Å²) in [6, 6.07) is 0.819. The number of rotatable bonds is 6. The normalized spacial score (nSPS) is 16.5. The Morgan fingerprint density at radius 3 is 2.00 bits per heavy atom. The molecule has 0 aliphatic rings. The van der Waals surface area contributed by atoms with Crippen molar-refractivity contribution in [1.29, 1.82) is 0 Å². The average molecular weight is 173 g/mol. The molecule has 0 radical (unpaired) electrons. The summed E-state index contributed by atoms with van der Waals surface area (Å²) in [6.45, 7) is 8.96. The van der Waals surface area contributed by atoms with E-state index in [0.717, 1.165) is 12.8 Å². The van der Waals surface area contributed by atoms with E-state index in [1.165, 1.54) is 0 Å². The van der Waals surface area contributed by atoms with Gasteiger partial charge in [-0.1, -0.05) is 27.7 Å². The molecule has 0 fully saturated rings. The number of aliphatic hydroxyl groups excluding tert-OH is 1. The van der Waals surface area contributed by atoms with Crippen LogP contribution in [0, 0.1) is 5.92 Å². The van der Waals surface area contributed by atoms with Crippen LogP contribution in [-0.2, 0) is 0 Å². The van der Waals surface area contributed by atoms with E-state index in [-0.39, 0.29) is 12.6 Å².